The molecule has 98 valence electrons. The van der Waals surface area contributed by atoms with Crippen LogP contribution in [0.5, 0.6) is 5.75 Å². The molecule has 0 amide bonds. The molecule has 0 aliphatic rings. The van der Waals surface area contributed by atoms with Gasteiger partial charge in [-0.05, 0) is 30.3 Å². The summed E-state index contributed by atoms with van der Waals surface area (Å²) in [5.41, 5.74) is 1.83. The molecule has 2 aromatic rings. The van der Waals surface area contributed by atoms with Crippen molar-refractivity contribution in [3.63, 3.8) is 0 Å². The Bertz CT molecular complexity index is 561. The van der Waals surface area contributed by atoms with Crippen LogP contribution < -0.4 is 4.74 Å². The van der Waals surface area contributed by atoms with Gasteiger partial charge in [0.1, 0.15) is 12.4 Å². The zero-order valence-electron chi connectivity index (χ0n) is 10.7. The van der Waals surface area contributed by atoms with E-state index in [1.54, 1.807) is 12.1 Å². The fourth-order valence-corrected chi connectivity index (χ4v) is 2.12. The Kier molecular flexibility index (Phi) is 4.74. The normalized spacial score (nSPS) is 10.2. The van der Waals surface area contributed by atoms with Crippen molar-refractivity contribution < 1.29 is 9.53 Å². The number of ketones is 1. The minimum Gasteiger partial charge on any atom is -0.489 e. The van der Waals surface area contributed by atoms with Crippen molar-refractivity contribution in [1.29, 1.82) is 0 Å². The molecule has 0 aliphatic carbocycles. The SMILES string of the molecule is CCC(=O)c1ccc(OCc2ccccc2Br)cc1. The minimum atomic E-state index is 0.150. The van der Waals surface area contributed by atoms with E-state index in [2.05, 4.69) is 15.9 Å². The number of ether oxygens (including phenoxy) is 1. The van der Waals surface area contributed by atoms with E-state index < -0.39 is 0 Å². The molecule has 19 heavy (non-hydrogen) atoms. The Morgan fingerprint density at radius 2 is 1.79 bits per heavy atom. The summed E-state index contributed by atoms with van der Waals surface area (Å²) in [5.74, 6) is 0.917. The standard InChI is InChI=1S/C16H15BrO2/c1-2-16(18)12-7-9-14(10-8-12)19-11-13-5-3-4-6-15(13)17/h3-10H,2,11H2,1H3. The summed E-state index contributed by atoms with van der Waals surface area (Å²) in [4.78, 5) is 11.5. The van der Waals surface area contributed by atoms with Gasteiger partial charge in [0.05, 0.1) is 0 Å². The third-order valence-corrected chi connectivity index (χ3v) is 3.62. The topological polar surface area (TPSA) is 26.3 Å². The smallest absolute Gasteiger partial charge is 0.162 e. The molecular formula is C16H15BrO2. The third kappa shape index (κ3) is 3.67. The molecule has 0 aliphatic heterocycles. The van der Waals surface area contributed by atoms with Gasteiger partial charge < -0.3 is 4.74 Å². The number of hydrogen-bond acceptors (Lipinski definition) is 2. The second-order valence-corrected chi connectivity index (χ2v) is 5.04. The van der Waals surface area contributed by atoms with E-state index in [9.17, 15) is 4.79 Å². The van der Waals surface area contributed by atoms with Gasteiger partial charge in [-0.1, -0.05) is 41.1 Å². The van der Waals surface area contributed by atoms with Crippen molar-refractivity contribution in [2.75, 3.05) is 0 Å². The minimum absolute atomic E-state index is 0.150. The zero-order chi connectivity index (χ0) is 13.7. The lowest BCUT2D eigenvalue weighted by molar-refractivity contribution is 0.0988. The van der Waals surface area contributed by atoms with Crippen LogP contribution in [0, 0.1) is 0 Å². The van der Waals surface area contributed by atoms with Crippen molar-refractivity contribution in [3.05, 3.63) is 64.1 Å². The van der Waals surface area contributed by atoms with Crippen LogP contribution in [-0.4, -0.2) is 5.78 Å². The number of Topliss-reactive ketones (excluding diaryl/α,β-unsaturated/α-hetero) is 1. The van der Waals surface area contributed by atoms with Crippen LogP contribution in [0.1, 0.15) is 29.3 Å². The lowest BCUT2D eigenvalue weighted by Gasteiger charge is -2.08. The second kappa shape index (κ2) is 6.53. The van der Waals surface area contributed by atoms with E-state index in [4.69, 9.17) is 4.74 Å². The molecule has 2 aromatic carbocycles. The van der Waals surface area contributed by atoms with Crippen LogP contribution in [0.15, 0.2) is 53.0 Å². The molecule has 2 rings (SSSR count). The molecule has 0 N–H and O–H groups in total. The first-order valence-electron chi connectivity index (χ1n) is 6.20. The van der Waals surface area contributed by atoms with Gasteiger partial charge in [-0.15, -0.1) is 0 Å². The van der Waals surface area contributed by atoms with Gasteiger partial charge in [-0.2, -0.15) is 0 Å². The van der Waals surface area contributed by atoms with Crippen molar-refractivity contribution in [1.82, 2.24) is 0 Å². The summed E-state index contributed by atoms with van der Waals surface area (Å²) < 4.78 is 6.73. The Labute approximate surface area is 121 Å². The van der Waals surface area contributed by atoms with Crippen LogP contribution >= 0.6 is 15.9 Å². The maximum absolute atomic E-state index is 11.5. The van der Waals surface area contributed by atoms with Crippen LogP contribution in [0.25, 0.3) is 0 Å². The van der Waals surface area contributed by atoms with Gasteiger partial charge in [0.15, 0.2) is 5.78 Å². The largest absolute Gasteiger partial charge is 0.489 e. The van der Waals surface area contributed by atoms with E-state index in [-0.39, 0.29) is 5.78 Å². The summed E-state index contributed by atoms with van der Waals surface area (Å²) >= 11 is 3.49. The fourth-order valence-electron chi connectivity index (χ4n) is 1.72. The van der Waals surface area contributed by atoms with Crippen molar-refractivity contribution in [2.45, 2.75) is 20.0 Å². The highest BCUT2D eigenvalue weighted by Gasteiger charge is 2.04. The first-order chi connectivity index (χ1) is 9.20. The van der Waals surface area contributed by atoms with Crippen LogP contribution in [0.2, 0.25) is 0 Å². The van der Waals surface area contributed by atoms with Gasteiger partial charge in [0.25, 0.3) is 0 Å². The highest BCUT2D eigenvalue weighted by atomic mass is 79.9. The van der Waals surface area contributed by atoms with E-state index in [0.29, 0.717) is 13.0 Å². The first kappa shape index (κ1) is 13.8. The van der Waals surface area contributed by atoms with Crippen molar-refractivity contribution >= 4 is 21.7 Å². The van der Waals surface area contributed by atoms with Gasteiger partial charge in [-0.3, -0.25) is 4.79 Å². The van der Waals surface area contributed by atoms with Gasteiger partial charge in [0, 0.05) is 22.0 Å². The molecule has 0 saturated carbocycles. The molecule has 0 radical (unpaired) electrons. The molecule has 0 atom stereocenters. The number of carbonyl (C=O) groups is 1. The number of benzene rings is 2. The lowest BCUT2D eigenvalue weighted by Crippen LogP contribution is -1.98. The van der Waals surface area contributed by atoms with Gasteiger partial charge in [0.2, 0.25) is 0 Å². The average molecular weight is 319 g/mol. The van der Waals surface area contributed by atoms with Gasteiger partial charge >= 0.3 is 0 Å². The molecule has 3 heteroatoms. The highest BCUT2D eigenvalue weighted by molar-refractivity contribution is 9.10. The number of hydrogen-bond donors (Lipinski definition) is 0. The zero-order valence-corrected chi connectivity index (χ0v) is 12.3. The summed E-state index contributed by atoms with van der Waals surface area (Å²) in [6, 6.07) is 15.2. The molecule has 0 heterocycles. The summed E-state index contributed by atoms with van der Waals surface area (Å²) in [6.45, 7) is 2.36. The lowest BCUT2D eigenvalue weighted by atomic mass is 10.1. The van der Waals surface area contributed by atoms with Crippen LogP contribution in [0.4, 0.5) is 0 Å². The van der Waals surface area contributed by atoms with E-state index in [1.165, 1.54) is 0 Å². The third-order valence-electron chi connectivity index (χ3n) is 2.85. The first-order valence-corrected chi connectivity index (χ1v) is 6.99. The van der Waals surface area contributed by atoms with Crippen molar-refractivity contribution in [2.24, 2.45) is 0 Å². The molecule has 0 bridgehead atoms. The summed E-state index contributed by atoms with van der Waals surface area (Å²) in [7, 11) is 0. The Balaban J connectivity index is 2.01. The molecule has 0 unspecified atom stereocenters. The Morgan fingerprint density at radius 3 is 2.42 bits per heavy atom. The summed E-state index contributed by atoms with van der Waals surface area (Å²) in [6.07, 6.45) is 0.525. The monoisotopic (exact) mass is 318 g/mol. The molecule has 0 saturated heterocycles. The number of halogens is 1. The fraction of sp³-hybridized carbons (Fsp3) is 0.188. The maximum atomic E-state index is 11.5. The second-order valence-electron chi connectivity index (χ2n) is 4.18. The maximum Gasteiger partial charge on any atom is 0.162 e. The van der Waals surface area contributed by atoms with E-state index in [0.717, 1.165) is 21.3 Å². The van der Waals surface area contributed by atoms with E-state index in [1.807, 2.05) is 43.3 Å². The summed E-state index contributed by atoms with van der Waals surface area (Å²) in [5, 5.41) is 0. The number of rotatable bonds is 5. The molecular weight excluding hydrogens is 304 g/mol. The predicted molar refractivity (Wildman–Crippen MR) is 79.5 cm³/mol. The molecule has 0 fully saturated rings. The highest BCUT2D eigenvalue weighted by Crippen LogP contribution is 2.19. The van der Waals surface area contributed by atoms with Gasteiger partial charge in [-0.25, -0.2) is 0 Å². The van der Waals surface area contributed by atoms with E-state index >= 15 is 0 Å². The average Bonchev–Trinajstić information content (AvgIpc) is 2.46. The molecule has 2 nitrogen and oxygen atoms in total. The van der Waals surface area contributed by atoms with Crippen LogP contribution in [-0.2, 0) is 6.61 Å². The Hall–Kier alpha value is -1.61. The van der Waals surface area contributed by atoms with Crippen LogP contribution in [0.3, 0.4) is 0 Å². The molecule has 0 spiro atoms. The molecule has 0 aromatic heterocycles. The Morgan fingerprint density at radius 1 is 1.11 bits per heavy atom. The quantitative estimate of drug-likeness (QED) is 0.752. The number of carbonyl (C=O) groups excluding carboxylic acids is 1. The predicted octanol–water partition coefficient (Wildman–Crippen LogP) is 4.62. The van der Waals surface area contributed by atoms with Crippen molar-refractivity contribution in [3.8, 4) is 5.75 Å².